The second-order valence-electron chi connectivity index (χ2n) is 5.75. The van der Waals surface area contributed by atoms with Crippen molar-refractivity contribution in [2.24, 2.45) is 7.05 Å². The van der Waals surface area contributed by atoms with Crippen LogP contribution in [0, 0.1) is 5.82 Å². The lowest BCUT2D eigenvalue weighted by Crippen LogP contribution is -2.24. The zero-order chi connectivity index (χ0) is 19.1. The van der Waals surface area contributed by atoms with E-state index < -0.39 is 0 Å². The van der Waals surface area contributed by atoms with Gasteiger partial charge in [0.2, 0.25) is 5.91 Å². The highest BCUT2D eigenvalue weighted by atomic mass is 32.2. The van der Waals surface area contributed by atoms with Crippen LogP contribution in [0.4, 0.5) is 4.39 Å². The van der Waals surface area contributed by atoms with Crippen LogP contribution >= 0.6 is 11.8 Å². The van der Waals surface area contributed by atoms with Crippen molar-refractivity contribution >= 4 is 17.7 Å². The molecule has 140 valence electrons. The lowest BCUT2D eigenvalue weighted by Gasteiger charge is -2.07. The highest BCUT2D eigenvalue weighted by Crippen LogP contribution is 2.17. The molecule has 0 saturated carbocycles. The lowest BCUT2D eigenvalue weighted by atomic mass is 10.2. The van der Waals surface area contributed by atoms with Crippen molar-refractivity contribution in [1.29, 1.82) is 0 Å². The first-order chi connectivity index (χ1) is 13.1. The van der Waals surface area contributed by atoms with Crippen LogP contribution in [0.5, 0.6) is 5.75 Å². The number of hydrogen-bond donors (Lipinski definition) is 1. The summed E-state index contributed by atoms with van der Waals surface area (Å²) in [4.78, 5) is 12.0. The number of benzene rings is 2. The monoisotopic (exact) mass is 386 g/mol. The number of carbonyl (C=O) groups is 1. The molecule has 6 nitrogen and oxygen atoms in total. The molecule has 0 atom stereocenters. The number of thioether (sulfide) groups is 1. The van der Waals surface area contributed by atoms with Crippen molar-refractivity contribution in [2.45, 2.75) is 18.3 Å². The highest BCUT2D eigenvalue weighted by molar-refractivity contribution is 7.99. The Morgan fingerprint density at radius 3 is 2.63 bits per heavy atom. The maximum absolute atomic E-state index is 12.9. The summed E-state index contributed by atoms with van der Waals surface area (Å²) in [5.41, 5.74) is 1.05. The molecule has 0 aliphatic heterocycles. The Bertz CT molecular complexity index is 884. The van der Waals surface area contributed by atoms with E-state index in [9.17, 15) is 9.18 Å². The van der Waals surface area contributed by atoms with E-state index in [1.165, 1.54) is 23.9 Å². The van der Waals surface area contributed by atoms with Crippen LogP contribution < -0.4 is 10.1 Å². The summed E-state index contributed by atoms with van der Waals surface area (Å²) in [6.07, 6.45) is 0. The van der Waals surface area contributed by atoms with E-state index in [-0.39, 0.29) is 24.1 Å². The van der Waals surface area contributed by atoms with E-state index >= 15 is 0 Å². The Labute approximate surface area is 160 Å². The van der Waals surface area contributed by atoms with Gasteiger partial charge in [-0.2, -0.15) is 0 Å². The van der Waals surface area contributed by atoms with Crippen molar-refractivity contribution in [3.8, 4) is 5.75 Å². The summed E-state index contributed by atoms with van der Waals surface area (Å²) < 4.78 is 20.3. The third-order valence-electron chi connectivity index (χ3n) is 3.77. The van der Waals surface area contributed by atoms with Crippen molar-refractivity contribution in [2.75, 3.05) is 5.75 Å². The maximum atomic E-state index is 12.9. The summed E-state index contributed by atoms with van der Waals surface area (Å²) >= 11 is 1.31. The molecule has 0 bridgehead atoms. The third kappa shape index (κ3) is 5.55. The van der Waals surface area contributed by atoms with Crippen LogP contribution in [-0.2, 0) is 25.0 Å². The number of rotatable bonds is 8. The van der Waals surface area contributed by atoms with E-state index in [1.807, 2.05) is 37.4 Å². The van der Waals surface area contributed by atoms with E-state index in [4.69, 9.17) is 4.74 Å². The first-order valence-electron chi connectivity index (χ1n) is 8.32. The van der Waals surface area contributed by atoms with Crippen LogP contribution in [0.1, 0.15) is 11.4 Å². The molecule has 0 radical (unpaired) electrons. The molecule has 0 fully saturated rings. The average Bonchev–Trinajstić information content (AvgIpc) is 3.05. The van der Waals surface area contributed by atoms with Gasteiger partial charge in [-0.25, -0.2) is 4.39 Å². The standard InChI is InChI=1S/C19H19FN4O2S/c1-24-17(12-26-16-9-7-15(20)8-10-16)22-23-19(24)27-13-18(25)21-11-14-5-3-2-4-6-14/h2-10H,11-13H2,1H3,(H,21,25). The molecule has 0 spiro atoms. The molecule has 1 N–H and O–H groups in total. The number of ether oxygens (including phenoxy) is 1. The normalized spacial score (nSPS) is 10.6. The van der Waals surface area contributed by atoms with Crippen LogP contribution in [0.2, 0.25) is 0 Å². The smallest absolute Gasteiger partial charge is 0.230 e. The Kier molecular flexibility index (Phi) is 6.43. The number of hydrogen-bond acceptors (Lipinski definition) is 5. The first-order valence-corrected chi connectivity index (χ1v) is 9.30. The van der Waals surface area contributed by atoms with Gasteiger partial charge < -0.3 is 14.6 Å². The van der Waals surface area contributed by atoms with Gasteiger partial charge in [0.1, 0.15) is 18.2 Å². The van der Waals surface area contributed by atoms with E-state index in [0.717, 1.165) is 5.56 Å². The number of nitrogens with zero attached hydrogens (tertiary/aromatic N) is 3. The average molecular weight is 386 g/mol. The molecule has 3 rings (SSSR count). The molecule has 0 unspecified atom stereocenters. The topological polar surface area (TPSA) is 69.0 Å². The Morgan fingerprint density at radius 2 is 1.89 bits per heavy atom. The summed E-state index contributed by atoms with van der Waals surface area (Å²) in [6, 6.07) is 15.5. The molecule has 2 aromatic carbocycles. The van der Waals surface area contributed by atoms with E-state index in [0.29, 0.717) is 23.3 Å². The van der Waals surface area contributed by atoms with Crippen LogP contribution in [0.3, 0.4) is 0 Å². The minimum Gasteiger partial charge on any atom is -0.486 e. The van der Waals surface area contributed by atoms with Crippen LogP contribution in [0.25, 0.3) is 0 Å². The zero-order valence-electron chi connectivity index (χ0n) is 14.8. The molecule has 1 amide bonds. The zero-order valence-corrected chi connectivity index (χ0v) is 15.6. The fourth-order valence-corrected chi connectivity index (χ4v) is 3.01. The largest absolute Gasteiger partial charge is 0.486 e. The Morgan fingerprint density at radius 1 is 1.15 bits per heavy atom. The summed E-state index contributed by atoms with van der Waals surface area (Å²) in [5, 5.41) is 11.7. The predicted octanol–water partition coefficient (Wildman–Crippen LogP) is 2.94. The van der Waals surface area contributed by atoms with Gasteiger partial charge in [0.15, 0.2) is 11.0 Å². The van der Waals surface area contributed by atoms with Gasteiger partial charge in [0.25, 0.3) is 0 Å². The van der Waals surface area contributed by atoms with Gasteiger partial charge >= 0.3 is 0 Å². The van der Waals surface area contributed by atoms with Gasteiger partial charge in [-0.1, -0.05) is 42.1 Å². The first kappa shape index (κ1) is 18.9. The van der Waals surface area contributed by atoms with Gasteiger partial charge in [0, 0.05) is 13.6 Å². The SMILES string of the molecule is Cn1c(COc2ccc(F)cc2)nnc1SCC(=O)NCc1ccccc1. The fraction of sp³-hybridized carbons (Fsp3) is 0.211. The minimum absolute atomic E-state index is 0.0732. The summed E-state index contributed by atoms with van der Waals surface area (Å²) in [5.74, 6) is 1.03. The molecule has 8 heteroatoms. The van der Waals surface area contributed by atoms with E-state index in [2.05, 4.69) is 15.5 Å². The molecule has 0 saturated heterocycles. The second-order valence-corrected chi connectivity index (χ2v) is 6.69. The number of amides is 1. The van der Waals surface area contributed by atoms with Crippen LogP contribution in [-0.4, -0.2) is 26.4 Å². The van der Waals surface area contributed by atoms with Crippen molar-refractivity contribution < 1.29 is 13.9 Å². The Hall–Kier alpha value is -2.87. The van der Waals surface area contributed by atoms with Gasteiger partial charge in [0.05, 0.1) is 5.75 Å². The van der Waals surface area contributed by atoms with Gasteiger partial charge in [-0.15, -0.1) is 10.2 Å². The van der Waals surface area contributed by atoms with Gasteiger partial charge in [-0.05, 0) is 29.8 Å². The second kappa shape index (κ2) is 9.18. The summed E-state index contributed by atoms with van der Waals surface area (Å²) in [7, 11) is 1.81. The van der Waals surface area contributed by atoms with Crippen molar-refractivity contribution in [1.82, 2.24) is 20.1 Å². The van der Waals surface area contributed by atoms with Crippen molar-refractivity contribution in [3.63, 3.8) is 0 Å². The molecule has 0 aliphatic carbocycles. The van der Waals surface area contributed by atoms with Gasteiger partial charge in [-0.3, -0.25) is 4.79 Å². The molecule has 1 heterocycles. The highest BCUT2D eigenvalue weighted by Gasteiger charge is 2.12. The molecular weight excluding hydrogens is 367 g/mol. The Balaban J connectivity index is 1.46. The van der Waals surface area contributed by atoms with Crippen LogP contribution in [0.15, 0.2) is 59.8 Å². The number of carbonyl (C=O) groups excluding carboxylic acids is 1. The fourth-order valence-electron chi connectivity index (χ4n) is 2.25. The van der Waals surface area contributed by atoms with Crippen molar-refractivity contribution in [3.05, 3.63) is 71.8 Å². The predicted molar refractivity (Wildman–Crippen MR) is 101 cm³/mol. The third-order valence-corrected chi connectivity index (χ3v) is 4.79. The lowest BCUT2D eigenvalue weighted by molar-refractivity contribution is -0.118. The molecule has 1 aromatic heterocycles. The molecule has 3 aromatic rings. The molecule has 27 heavy (non-hydrogen) atoms. The number of aromatic nitrogens is 3. The number of halogens is 1. The number of nitrogens with one attached hydrogen (secondary N) is 1. The quantitative estimate of drug-likeness (QED) is 0.603. The minimum atomic E-state index is -0.315. The molecular formula is C19H19FN4O2S. The summed E-state index contributed by atoms with van der Waals surface area (Å²) in [6.45, 7) is 0.700. The van der Waals surface area contributed by atoms with E-state index in [1.54, 1.807) is 16.7 Å². The maximum Gasteiger partial charge on any atom is 0.230 e. The molecule has 0 aliphatic rings.